The van der Waals surface area contributed by atoms with E-state index < -0.39 is 0 Å². The molecule has 1 heterocycles. The van der Waals surface area contributed by atoms with Crippen LogP contribution in [0.1, 0.15) is 5.56 Å². The van der Waals surface area contributed by atoms with Gasteiger partial charge in [0.1, 0.15) is 5.75 Å². The highest BCUT2D eigenvalue weighted by Gasteiger charge is 2.21. The maximum atomic E-state index is 12.4. The third kappa shape index (κ3) is 3.79. The highest BCUT2D eigenvalue weighted by molar-refractivity contribution is 5.89. The summed E-state index contributed by atoms with van der Waals surface area (Å²) in [5.74, 6) is 0.854. The van der Waals surface area contributed by atoms with Crippen molar-refractivity contribution in [2.45, 2.75) is 6.92 Å². The molecule has 0 aromatic heterocycles. The first-order chi connectivity index (χ1) is 11.7. The van der Waals surface area contributed by atoms with Crippen LogP contribution in [0.25, 0.3) is 0 Å². The van der Waals surface area contributed by atoms with Crippen LogP contribution in [0.2, 0.25) is 0 Å². The van der Waals surface area contributed by atoms with Gasteiger partial charge in [0, 0.05) is 43.6 Å². The topological polar surface area (TPSA) is 44.8 Å². The van der Waals surface area contributed by atoms with Crippen molar-refractivity contribution >= 4 is 17.4 Å². The molecule has 0 aliphatic carbocycles. The molecule has 24 heavy (non-hydrogen) atoms. The smallest absolute Gasteiger partial charge is 0.321 e. The van der Waals surface area contributed by atoms with Gasteiger partial charge in [-0.1, -0.05) is 18.2 Å². The number of benzene rings is 2. The van der Waals surface area contributed by atoms with Gasteiger partial charge in [0.05, 0.1) is 7.11 Å². The number of aryl methyl sites for hydroxylation is 1. The summed E-state index contributed by atoms with van der Waals surface area (Å²) in [6.45, 7) is 5.05. The second kappa shape index (κ2) is 7.25. The molecule has 1 N–H and O–H groups in total. The number of nitrogens with one attached hydrogen (secondary N) is 1. The van der Waals surface area contributed by atoms with Gasteiger partial charge in [0.25, 0.3) is 0 Å². The molecule has 0 bridgehead atoms. The zero-order valence-corrected chi connectivity index (χ0v) is 14.2. The summed E-state index contributed by atoms with van der Waals surface area (Å²) in [5, 5.41) is 2.97. The summed E-state index contributed by atoms with van der Waals surface area (Å²) < 4.78 is 5.28. The molecule has 3 rings (SSSR count). The Morgan fingerprint density at radius 1 is 1.04 bits per heavy atom. The lowest BCUT2D eigenvalue weighted by molar-refractivity contribution is 0.208. The summed E-state index contributed by atoms with van der Waals surface area (Å²) in [5.41, 5.74) is 3.11. The number of carbonyl (C=O) groups excluding carboxylic acids is 1. The molecule has 1 aliphatic heterocycles. The van der Waals surface area contributed by atoms with Crippen molar-refractivity contribution < 1.29 is 9.53 Å². The van der Waals surface area contributed by atoms with Gasteiger partial charge >= 0.3 is 6.03 Å². The lowest BCUT2D eigenvalue weighted by Gasteiger charge is -2.36. The van der Waals surface area contributed by atoms with E-state index in [9.17, 15) is 4.79 Å². The first-order valence-electron chi connectivity index (χ1n) is 8.17. The van der Waals surface area contributed by atoms with Crippen molar-refractivity contribution in [2.24, 2.45) is 0 Å². The minimum Gasteiger partial charge on any atom is -0.497 e. The fourth-order valence-electron chi connectivity index (χ4n) is 2.90. The molecule has 1 fully saturated rings. The Labute approximate surface area is 142 Å². The van der Waals surface area contributed by atoms with Crippen molar-refractivity contribution in [2.75, 3.05) is 43.5 Å². The summed E-state index contributed by atoms with van der Waals surface area (Å²) in [6.07, 6.45) is 0. The number of nitrogens with zero attached hydrogens (tertiary/aromatic N) is 2. The molecule has 0 radical (unpaired) electrons. The molecule has 5 heteroatoms. The van der Waals surface area contributed by atoms with Gasteiger partial charge in [-0.2, -0.15) is 0 Å². The summed E-state index contributed by atoms with van der Waals surface area (Å²) in [4.78, 5) is 16.5. The quantitative estimate of drug-likeness (QED) is 0.941. The van der Waals surface area contributed by atoms with Gasteiger partial charge in [0.2, 0.25) is 0 Å². The van der Waals surface area contributed by atoms with Gasteiger partial charge in [-0.15, -0.1) is 0 Å². The number of ether oxygens (including phenoxy) is 1. The van der Waals surface area contributed by atoms with Crippen LogP contribution in [0.4, 0.5) is 16.2 Å². The van der Waals surface area contributed by atoms with E-state index in [1.165, 1.54) is 0 Å². The molecule has 0 atom stereocenters. The number of urea groups is 1. The van der Waals surface area contributed by atoms with Gasteiger partial charge < -0.3 is 19.9 Å². The van der Waals surface area contributed by atoms with E-state index in [0.29, 0.717) is 13.1 Å². The highest BCUT2D eigenvalue weighted by atomic mass is 16.5. The monoisotopic (exact) mass is 325 g/mol. The Balaban J connectivity index is 1.57. The molecule has 0 saturated carbocycles. The van der Waals surface area contributed by atoms with Crippen molar-refractivity contribution in [1.82, 2.24) is 4.90 Å². The molecule has 126 valence electrons. The largest absolute Gasteiger partial charge is 0.497 e. The normalized spacial score (nSPS) is 14.4. The molecule has 1 saturated heterocycles. The number of hydrogen-bond acceptors (Lipinski definition) is 3. The zero-order valence-electron chi connectivity index (χ0n) is 14.2. The first-order valence-corrected chi connectivity index (χ1v) is 8.17. The van der Waals surface area contributed by atoms with E-state index in [-0.39, 0.29) is 6.03 Å². The summed E-state index contributed by atoms with van der Waals surface area (Å²) in [7, 11) is 1.67. The maximum Gasteiger partial charge on any atom is 0.321 e. The van der Waals surface area contributed by atoms with E-state index in [4.69, 9.17) is 4.74 Å². The van der Waals surface area contributed by atoms with Gasteiger partial charge in [-0.25, -0.2) is 4.79 Å². The van der Waals surface area contributed by atoms with Crippen LogP contribution >= 0.6 is 0 Å². The minimum atomic E-state index is -0.0362. The molecule has 1 aliphatic rings. The third-order valence-corrected chi connectivity index (χ3v) is 4.25. The van der Waals surface area contributed by atoms with Crippen LogP contribution in [-0.2, 0) is 0 Å². The standard InChI is InChI=1S/C19H23N3O2/c1-15-5-3-6-16(13-15)20-19(23)22-11-9-21(10-12-22)17-7-4-8-18(14-17)24-2/h3-8,13-14H,9-12H2,1-2H3,(H,20,23). The maximum absolute atomic E-state index is 12.4. The minimum absolute atomic E-state index is 0.0362. The second-order valence-corrected chi connectivity index (χ2v) is 5.98. The number of amides is 2. The number of piperazine rings is 1. The van der Waals surface area contributed by atoms with Crippen molar-refractivity contribution in [3.63, 3.8) is 0 Å². The van der Waals surface area contributed by atoms with Crippen molar-refractivity contribution in [3.8, 4) is 5.75 Å². The average Bonchev–Trinajstić information content (AvgIpc) is 2.62. The Bertz CT molecular complexity index is 709. The van der Waals surface area contributed by atoms with Gasteiger partial charge in [-0.05, 0) is 36.8 Å². The number of rotatable bonds is 3. The van der Waals surface area contributed by atoms with Crippen LogP contribution in [0.15, 0.2) is 48.5 Å². The van der Waals surface area contributed by atoms with Gasteiger partial charge in [-0.3, -0.25) is 0 Å². The molecule has 2 aromatic carbocycles. The van der Waals surface area contributed by atoms with Crippen LogP contribution in [0.5, 0.6) is 5.75 Å². The van der Waals surface area contributed by atoms with Crippen LogP contribution < -0.4 is 15.0 Å². The predicted octanol–water partition coefficient (Wildman–Crippen LogP) is 3.36. The molecule has 2 aromatic rings. The van der Waals surface area contributed by atoms with Gasteiger partial charge in [0.15, 0.2) is 0 Å². The van der Waals surface area contributed by atoms with Crippen molar-refractivity contribution in [1.29, 1.82) is 0 Å². The Hall–Kier alpha value is -2.69. The first kappa shape index (κ1) is 16.2. The van der Waals surface area contributed by atoms with E-state index in [1.807, 2.05) is 54.3 Å². The SMILES string of the molecule is COc1cccc(N2CCN(C(=O)Nc3cccc(C)c3)CC2)c1. The molecular formula is C19H23N3O2. The number of methoxy groups -OCH3 is 1. The lowest BCUT2D eigenvalue weighted by Crippen LogP contribution is -2.50. The summed E-state index contributed by atoms with van der Waals surface area (Å²) >= 11 is 0. The van der Waals surface area contributed by atoms with Crippen LogP contribution in [-0.4, -0.2) is 44.2 Å². The lowest BCUT2D eigenvalue weighted by atomic mass is 10.2. The zero-order chi connectivity index (χ0) is 16.9. The van der Waals surface area contributed by atoms with E-state index in [1.54, 1.807) is 7.11 Å². The fourth-order valence-corrected chi connectivity index (χ4v) is 2.90. The third-order valence-electron chi connectivity index (χ3n) is 4.25. The van der Waals surface area contributed by atoms with E-state index in [2.05, 4.69) is 16.3 Å². The number of carbonyl (C=O) groups is 1. The predicted molar refractivity (Wildman–Crippen MR) is 97.0 cm³/mol. The highest BCUT2D eigenvalue weighted by Crippen LogP contribution is 2.22. The Morgan fingerprint density at radius 2 is 1.79 bits per heavy atom. The van der Waals surface area contributed by atoms with Crippen LogP contribution in [0.3, 0.4) is 0 Å². The van der Waals surface area contributed by atoms with Crippen molar-refractivity contribution in [3.05, 3.63) is 54.1 Å². The second-order valence-electron chi connectivity index (χ2n) is 5.98. The molecular weight excluding hydrogens is 302 g/mol. The Morgan fingerprint density at radius 3 is 2.50 bits per heavy atom. The number of anilines is 2. The Kier molecular flexibility index (Phi) is 4.89. The number of hydrogen-bond donors (Lipinski definition) is 1. The average molecular weight is 325 g/mol. The van der Waals surface area contributed by atoms with E-state index in [0.717, 1.165) is 35.8 Å². The molecule has 5 nitrogen and oxygen atoms in total. The molecule has 0 spiro atoms. The van der Waals surface area contributed by atoms with E-state index >= 15 is 0 Å². The fraction of sp³-hybridized carbons (Fsp3) is 0.316. The molecule has 0 unspecified atom stereocenters. The van der Waals surface area contributed by atoms with Crippen LogP contribution in [0, 0.1) is 6.92 Å². The summed E-state index contributed by atoms with van der Waals surface area (Å²) in [6, 6.07) is 15.9. The molecule has 2 amide bonds.